The lowest BCUT2D eigenvalue weighted by Crippen LogP contribution is -1.70. The van der Waals surface area contributed by atoms with Gasteiger partial charge in [0, 0.05) is 0 Å². The molecule has 3 heteroatoms. The lowest BCUT2D eigenvalue weighted by Gasteiger charge is -1.90. The van der Waals surface area contributed by atoms with Gasteiger partial charge in [0.15, 0.2) is 0 Å². The second-order valence-electron chi connectivity index (χ2n) is 1.48. The Labute approximate surface area is 82.2 Å². The van der Waals surface area contributed by atoms with Gasteiger partial charge in [-0.05, 0) is 12.1 Å². The average molecular weight is 200 g/mol. The van der Waals surface area contributed by atoms with Crippen molar-refractivity contribution in [3.05, 3.63) is 30.3 Å². The maximum Gasteiger partial charge on any atom is 0.395 e. The van der Waals surface area contributed by atoms with E-state index in [4.69, 9.17) is 0 Å². The van der Waals surface area contributed by atoms with Crippen LogP contribution in [0.2, 0.25) is 0 Å². The molecule has 2 nitrogen and oxygen atoms in total. The summed E-state index contributed by atoms with van der Waals surface area (Å²) in [6.45, 7) is 8.00. The van der Waals surface area contributed by atoms with Crippen LogP contribution in [-0.4, -0.2) is 0 Å². The summed E-state index contributed by atoms with van der Waals surface area (Å²) in [6, 6.07) is 8.99. The number of rotatable bonds is 2. The summed E-state index contributed by atoms with van der Waals surface area (Å²) in [7, 11) is -0.305. The van der Waals surface area contributed by atoms with Crippen LogP contribution in [0, 0.1) is 0 Å². The van der Waals surface area contributed by atoms with Crippen LogP contribution in [0.4, 0.5) is 0 Å². The first-order valence-corrected chi connectivity index (χ1v) is 5.21. The first-order chi connectivity index (χ1) is 6.43. The van der Waals surface area contributed by atoms with E-state index in [-0.39, 0.29) is 8.69 Å². The molecule has 0 N–H and O–H groups in total. The van der Waals surface area contributed by atoms with Crippen LogP contribution < -0.4 is 4.52 Å². The standard InChI is InChI=1S/C6H5O2P.2C2H6/c7-9-8-6-4-2-1-3-5-6;2*1-2/h1-5H;2*1-2H3. The SMILES string of the molecule is CC.CC.O=POc1ccccc1. The molecular weight excluding hydrogens is 183 g/mol. The van der Waals surface area contributed by atoms with Crippen LogP contribution in [0.25, 0.3) is 0 Å². The number of benzene rings is 1. The van der Waals surface area contributed by atoms with Gasteiger partial charge in [-0.25, -0.2) is 4.57 Å². The normalized spacial score (nSPS) is 7.38. The van der Waals surface area contributed by atoms with Crippen LogP contribution >= 0.6 is 8.69 Å². The zero-order valence-corrected chi connectivity index (χ0v) is 9.54. The molecule has 0 heterocycles. The van der Waals surface area contributed by atoms with Gasteiger partial charge in [-0.2, -0.15) is 0 Å². The Hall–Kier alpha value is -0.880. The van der Waals surface area contributed by atoms with Gasteiger partial charge in [0.05, 0.1) is 0 Å². The van der Waals surface area contributed by atoms with Gasteiger partial charge in [0.2, 0.25) is 0 Å². The molecule has 1 rings (SSSR count). The van der Waals surface area contributed by atoms with Gasteiger partial charge < -0.3 is 4.52 Å². The highest BCUT2D eigenvalue weighted by Gasteiger charge is 1.85. The van der Waals surface area contributed by atoms with E-state index in [1.807, 2.05) is 45.9 Å². The van der Waals surface area contributed by atoms with Crippen LogP contribution in [0.1, 0.15) is 27.7 Å². The number of para-hydroxylation sites is 1. The summed E-state index contributed by atoms with van der Waals surface area (Å²) >= 11 is 0. The van der Waals surface area contributed by atoms with E-state index in [0.29, 0.717) is 5.75 Å². The monoisotopic (exact) mass is 200 g/mol. The van der Waals surface area contributed by atoms with Crippen molar-refractivity contribution < 1.29 is 9.09 Å². The maximum absolute atomic E-state index is 9.85. The zero-order valence-electron chi connectivity index (χ0n) is 8.65. The lowest BCUT2D eigenvalue weighted by atomic mass is 10.3. The van der Waals surface area contributed by atoms with Crippen LogP contribution in [0.15, 0.2) is 30.3 Å². The van der Waals surface area contributed by atoms with Crippen molar-refractivity contribution in [1.82, 2.24) is 0 Å². The average Bonchev–Trinajstić information content (AvgIpc) is 2.26. The van der Waals surface area contributed by atoms with E-state index in [2.05, 4.69) is 4.52 Å². The van der Waals surface area contributed by atoms with Crippen molar-refractivity contribution in [1.29, 1.82) is 0 Å². The fraction of sp³-hybridized carbons (Fsp3) is 0.400. The molecular formula is C10H17O2P. The summed E-state index contributed by atoms with van der Waals surface area (Å²) in [4.78, 5) is 0. The van der Waals surface area contributed by atoms with E-state index in [9.17, 15) is 4.57 Å². The number of hydrogen-bond acceptors (Lipinski definition) is 2. The second kappa shape index (κ2) is 13.7. The maximum atomic E-state index is 9.85. The summed E-state index contributed by atoms with van der Waals surface area (Å²) in [5, 5.41) is 0. The van der Waals surface area contributed by atoms with Gasteiger partial charge in [0.25, 0.3) is 0 Å². The van der Waals surface area contributed by atoms with Gasteiger partial charge in [-0.1, -0.05) is 45.9 Å². The Bertz CT molecular complexity index is 187. The Balaban J connectivity index is 0. The minimum absolute atomic E-state index is 0.305. The summed E-state index contributed by atoms with van der Waals surface area (Å²) in [5.41, 5.74) is 0. The quantitative estimate of drug-likeness (QED) is 0.664. The van der Waals surface area contributed by atoms with Crippen molar-refractivity contribution in [2.75, 3.05) is 0 Å². The molecule has 0 amide bonds. The van der Waals surface area contributed by atoms with E-state index in [1.54, 1.807) is 12.1 Å². The third kappa shape index (κ3) is 9.03. The van der Waals surface area contributed by atoms with Crippen LogP contribution in [0.5, 0.6) is 5.75 Å². The largest absolute Gasteiger partial charge is 0.408 e. The Morgan fingerprint density at radius 3 is 1.85 bits per heavy atom. The van der Waals surface area contributed by atoms with Crippen molar-refractivity contribution in [3.63, 3.8) is 0 Å². The molecule has 0 bridgehead atoms. The van der Waals surface area contributed by atoms with Crippen molar-refractivity contribution in [3.8, 4) is 5.75 Å². The summed E-state index contributed by atoms with van der Waals surface area (Å²) < 4.78 is 14.5. The zero-order chi connectivity index (χ0) is 10.5. The Morgan fingerprint density at radius 1 is 1.00 bits per heavy atom. The highest BCUT2D eigenvalue weighted by atomic mass is 31.1. The Morgan fingerprint density at radius 2 is 1.46 bits per heavy atom. The molecule has 0 spiro atoms. The molecule has 0 fully saturated rings. The van der Waals surface area contributed by atoms with E-state index >= 15 is 0 Å². The minimum Gasteiger partial charge on any atom is -0.408 e. The van der Waals surface area contributed by atoms with E-state index in [0.717, 1.165) is 0 Å². The molecule has 74 valence electrons. The molecule has 1 aromatic rings. The van der Waals surface area contributed by atoms with Crippen molar-refractivity contribution >= 4 is 8.69 Å². The van der Waals surface area contributed by atoms with Gasteiger partial charge in [-0.15, -0.1) is 0 Å². The van der Waals surface area contributed by atoms with E-state index < -0.39 is 0 Å². The van der Waals surface area contributed by atoms with Crippen molar-refractivity contribution in [2.24, 2.45) is 0 Å². The smallest absolute Gasteiger partial charge is 0.395 e. The third-order valence-electron chi connectivity index (χ3n) is 0.886. The minimum atomic E-state index is -0.305. The Kier molecular flexibility index (Phi) is 15.4. The summed E-state index contributed by atoms with van der Waals surface area (Å²) in [6.07, 6.45) is 0. The topological polar surface area (TPSA) is 26.3 Å². The highest BCUT2D eigenvalue weighted by Crippen LogP contribution is 2.12. The van der Waals surface area contributed by atoms with Gasteiger partial charge >= 0.3 is 8.69 Å². The van der Waals surface area contributed by atoms with Crippen LogP contribution in [0.3, 0.4) is 0 Å². The molecule has 1 aromatic carbocycles. The summed E-state index contributed by atoms with van der Waals surface area (Å²) in [5.74, 6) is 0.620. The second-order valence-corrected chi connectivity index (χ2v) is 1.81. The molecule has 0 saturated carbocycles. The van der Waals surface area contributed by atoms with Crippen molar-refractivity contribution in [2.45, 2.75) is 27.7 Å². The van der Waals surface area contributed by atoms with Gasteiger partial charge in [0.1, 0.15) is 5.75 Å². The fourth-order valence-electron chi connectivity index (χ4n) is 0.524. The molecule has 0 atom stereocenters. The number of hydrogen-bond donors (Lipinski definition) is 0. The molecule has 0 aliphatic carbocycles. The predicted molar refractivity (Wildman–Crippen MR) is 57.4 cm³/mol. The lowest BCUT2D eigenvalue weighted by molar-refractivity contribution is 0.525. The van der Waals surface area contributed by atoms with Crippen LogP contribution in [-0.2, 0) is 4.57 Å². The molecule has 13 heavy (non-hydrogen) atoms. The fourth-order valence-corrected chi connectivity index (χ4v) is 0.732. The molecule has 0 aliphatic rings. The molecule has 0 aromatic heterocycles. The first-order valence-electron chi connectivity index (χ1n) is 4.48. The van der Waals surface area contributed by atoms with E-state index in [1.165, 1.54) is 0 Å². The molecule has 0 unspecified atom stereocenters. The third-order valence-corrected chi connectivity index (χ3v) is 1.17. The first kappa shape index (κ1) is 14.6. The predicted octanol–water partition coefficient (Wildman–Crippen LogP) is 4.32. The van der Waals surface area contributed by atoms with Gasteiger partial charge in [-0.3, -0.25) is 0 Å². The highest BCUT2D eigenvalue weighted by molar-refractivity contribution is 7.17. The molecule has 0 radical (unpaired) electrons. The molecule has 0 saturated heterocycles. The molecule has 0 aliphatic heterocycles.